The molecule has 9 heteroatoms. The Hall–Kier alpha value is -2.09. The number of hydrogen-bond acceptors (Lipinski definition) is 5. The van der Waals surface area contributed by atoms with E-state index in [1.807, 2.05) is 0 Å². The monoisotopic (exact) mass is 589 g/mol. The Morgan fingerprint density at radius 1 is 0.923 bits per heavy atom. The zero-order valence-corrected chi connectivity index (χ0v) is 25.5. The summed E-state index contributed by atoms with van der Waals surface area (Å²) in [5.74, 6) is -0.0290. The van der Waals surface area contributed by atoms with Gasteiger partial charge in [-0.2, -0.15) is 0 Å². The van der Waals surface area contributed by atoms with Gasteiger partial charge in [-0.3, -0.25) is 9.46 Å². The standard InChI is InChI=1S/C30H28N3O2PS3/c1-15-22-23-18-10-6-8-12-20(18)32-21-13-16(14-29(21,35)30(37-2,38-3)39-4)31-19-11-7-5-9-17(19)24(26(31)27(23)32)25(22)28(34)33(15)36/h5-12,16,21,35H,1,13-14,36H2,2-4H3/t16?,21?,29-/m1/s1. The number of carbonyl (C=O) groups is 1. The highest BCUT2D eigenvalue weighted by Crippen LogP contribution is 2.65. The highest BCUT2D eigenvalue weighted by molar-refractivity contribution is 8.33. The van der Waals surface area contributed by atoms with Gasteiger partial charge in [-0.05, 0) is 46.7 Å². The Balaban J connectivity index is 1.67. The summed E-state index contributed by atoms with van der Waals surface area (Å²) in [5.41, 5.74) is 5.84. The Labute approximate surface area is 241 Å². The number of para-hydroxylation sites is 2. The molecule has 1 amide bonds. The van der Waals surface area contributed by atoms with E-state index in [4.69, 9.17) is 0 Å². The van der Waals surface area contributed by atoms with Crippen molar-refractivity contribution in [2.75, 3.05) is 18.8 Å². The fraction of sp³-hybridized carbons (Fsp3) is 0.300. The lowest BCUT2D eigenvalue weighted by Crippen LogP contribution is -2.51. The van der Waals surface area contributed by atoms with Gasteiger partial charge in [0.15, 0.2) is 0 Å². The summed E-state index contributed by atoms with van der Waals surface area (Å²) >= 11 is 5.26. The average molecular weight is 590 g/mol. The van der Waals surface area contributed by atoms with Crippen molar-refractivity contribution >= 4 is 99.9 Å². The molecule has 1 fully saturated rings. The predicted molar refractivity (Wildman–Crippen MR) is 173 cm³/mol. The molecule has 1 N–H and O–H groups in total. The van der Waals surface area contributed by atoms with Crippen molar-refractivity contribution in [1.29, 1.82) is 0 Å². The molecule has 8 rings (SSSR count). The van der Waals surface area contributed by atoms with Gasteiger partial charge < -0.3 is 14.2 Å². The Bertz CT molecular complexity index is 1930. The molecule has 5 aromatic rings. The van der Waals surface area contributed by atoms with Crippen LogP contribution in [0.25, 0.3) is 49.3 Å². The second-order valence-corrected chi connectivity index (χ2v) is 15.1. The molecule has 198 valence electrons. The van der Waals surface area contributed by atoms with Crippen LogP contribution in [0.3, 0.4) is 0 Å². The van der Waals surface area contributed by atoms with Crippen LogP contribution >= 0.6 is 44.7 Å². The minimum atomic E-state index is -0.974. The number of benzene rings is 3. The van der Waals surface area contributed by atoms with E-state index in [9.17, 15) is 9.90 Å². The van der Waals surface area contributed by atoms with Gasteiger partial charge >= 0.3 is 0 Å². The summed E-state index contributed by atoms with van der Waals surface area (Å²) in [7, 11) is 2.58. The lowest BCUT2D eigenvalue weighted by molar-refractivity contribution is 0.0176. The lowest BCUT2D eigenvalue weighted by atomic mass is 9.95. The molecular formula is C30H28N3O2PS3. The quantitative estimate of drug-likeness (QED) is 0.174. The van der Waals surface area contributed by atoms with Gasteiger partial charge in [0.2, 0.25) is 0 Å². The van der Waals surface area contributed by atoms with Crippen LogP contribution in [0.1, 0.15) is 40.8 Å². The molecule has 5 nitrogen and oxygen atoms in total. The van der Waals surface area contributed by atoms with Gasteiger partial charge in [0.05, 0.1) is 22.6 Å². The highest BCUT2D eigenvalue weighted by Gasteiger charge is 2.62. The molecule has 2 aliphatic heterocycles. The molecule has 0 radical (unpaired) electrons. The van der Waals surface area contributed by atoms with E-state index < -0.39 is 9.01 Å². The lowest BCUT2D eigenvalue weighted by Gasteiger charge is -2.46. The van der Waals surface area contributed by atoms with E-state index in [1.54, 1.807) is 40.0 Å². The second kappa shape index (κ2) is 8.01. The largest absolute Gasteiger partial charge is 0.384 e. The summed E-state index contributed by atoms with van der Waals surface area (Å²) in [4.78, 5) is 13.9. The van der Waals surface area contributed by atoms with Crippen LogP contribution in [0.15, 0.2) is 55.1 Å². The van der Waals surface area contributed by atoms with E-state index >= 15 is 0 Å². The van der Waals surface area contributed by atoms with Crippen LogP contribution in [0.2, 0.25) is 0 Å². The molecule has 3 unspecified atom stereocenters. The molecular weight excluding hydrogens is 562 g/mol. The molecule has 0 spiro atoms. The van der Waals surface area contributed by atoms with Crippen LogP contribution < -0.4 is 0 Å². The first-order valence-corrected chi connectivity index (χ1v) is 17.2. The molecule has 3 aliphatic rings. The third-order valence-corrected chi connectivity index (χ3v) is 15.6. The molecule has 4 atom stereocenters. The first-order valence-electron chi connectivity index (χ1n) is 13.0. The van der Waals surface area contributed by atoms with Crippen LogP contribution in [0.4, 0.5) is 0 Å². The molecule has 1 saturated carbocycles. The molecule has 2 bridgehead atoms. The Kier molecular flexibility index (Phi) is 5.07. The Morgan fingerprint density at radius 2 is 1.46 bits per heavy atom. The molecule has 1 aliphatic carbocycles. The summed E-state index contributed by atoms with van der Waals surface area (Å²) in [6.45, 7) is 4.39. The molecule has 2 aromatic heterocycles. The van der Waals surface area contributed by atoms with Crippen molar-refractivity contribution in [3.63, 3.8) is 0 Å². The topological polar surface area (TPSA) is 50.4 Å². The average Bonchev–Trinajstić information content (AvgIpc) is 3.61. The van der Waals surface area contributed by atoms with Gasteiger partial charge in [0.25, 0.3) is 5.91 Å². The zero-order chi connectivity index (χ0) is 27.0. The van der Waals surface area contributed by atoms with Crippen molar-refractivity contribution in [3.8, 4) is 0 Å². The van der Waals surface area contributed by atoms with Crippen LogP contribution in [0.5, 0.6) is 0 Å². The first-order chi connectivity index (χ1) is 18.8. The second-order valence-electron chi connectivity index (χ2n) is 10.8. The fourth-order valence-corrected chi connectivity index (χ4v) is 12.0. The number of aliphatic hydroxyl groups is 1. The fourth-order valence-electron chi connectivity index (χ4n) is 7.97. The number of amides is 1. The van der Waals surface area contributed by atoms with Crippen LogP contribution in [-0.4, -0.2) is 52.6 Å². The summed E-state index contributed by atoms with van der Waals surface area (Å²) in [5, 5.41) is 17.2. The smallest absolute Gasteiger partial charge is 0.262 e. The summed E-state index contributed by atoms with van der Waals surface area (Å²) in [6.07, 6.45) is 7.84. The zero-order valence-electron chi connectivity index (χ0n) is 21.9. The van der Waals surface area contributed by atoms with Crippen molar-refractivity contribution < 1.29 is 9.90 Å². The molecule has 0 saturated heterocycles. The number of aromatic nitrogens is 2. The van der Waals surface area contributed by atoms with Gasteiger partial charge in [-0.25, -0.2) is 0 Å². The number of carbonyl (C=O) groups excluding carboxylic acids is 1. The number of hydrogen-bond donors (Lipinski definition) is 1. The third-order valence-electron chi connectivity index (χ3n) is 9.41. The van der Waals surface area contributed by atoms with Gasteiger partial charge in [0.1, 0.15) is 9.01 Å². The third kappa shape index (κ3) is 2.65. The first kappa shape index (κ1) is 24.7. The number of nitrogens with zero attached hydrogens (tertiary/aromatic N) is 3. The Morgan fingerprint density at radius 3 is 2.08 bits per heavy atom. The molecule has 39 heavy (non-hydrogen) atoms. The van der Waals surface area contributed by atoms with Crippen molar-refractivity contribution in [2.45, 2.75) is 33.9 Å². The maximum atomic E-state index is 13.9. The molecule has 3 aromatic carbocycles. The number of thioether (sulfide) groups is 3. The van der Waals surface area contributed by atoms with Crippen LogP contribution in [-0.2, 0) is 0 Å². The highest BCUT2D eigenvalue weighted by atomic mass is 32.3. The van der Waals surface area contributed by atoms with E-state index in [2.05, 4.69) is 92.4 Å². The van der Waals surface area contributed by atoms with Gasteiger partial charge in [0, 0.05) is 56.3 Å². The van der Waals surface area contributed by atoms with Crippen LogP contribution in [0, 0.1) is 0 Å². The van der Waals surface area contributed by atoms with E-state index in [0.717, 1.165) is 61.2 Å². The number of fused-ring (bicyclic) bond motifs is 13. The van der Waals surface area contributed by atoms with Crippen molar-refractivity contribution in [2.24, 2.45) is 0 Å². The maximum Gasteiger partial charge on any atom is 0.262 e. The van der Waals surface area contributed by atoms with Crippen molar-refractivity contribution in [3.05, 3.63) is 66.2 Å². The SMILES string of the molecule is C=C1c2c(c3c4ccccc4n4c3c3c2c2ccccc2n3C2CC4C[C@]2(O)C(SC)(SC)SC)C(=O)N1P. The predicted octanol–water partition coefficient (Wildman–Crippen LogP) is 7.48. The van der Waals surface area contributed by atoms with E-state index in [-0.39, 0.29) is 18.0 Å². The van der Waals surface area contributed by atoms with Gasteiger partial charge in [-0.15, -0.1) is 35.3 Å². The van der Waals surface area contributed by atoms with Gasteiger partial charge in [-0.1, -0.05) is 43.0 Å². The summed E-state index contributed by atoms with van der Waals surface area (Å²) in [6, 6.07) is 16.9. The maximum absolute atomic E-state index is 13.9. The minimum absolute atomic E-state index is 0.0290. The van der Waals surface area contributed by atoms with E-state index in [0.29, 0.717) is 12.1 Å². The van der Waals surface area contributed by atoms with E-state index in [1.165, 1.54) is 0 Å². The van der Waals surface area contributed by atoms with Crippen molar-refractivity contribution in [1.82, 2.24) is 13.8 Å². The normalized spacial score (nSPS) is 24.3. The minimum Gasteiger partial charge on any atom is -0.384 e. The summed E-state index contributed by atoms with van der Waals surface area (Å²) < 4.78 is 6.10. The molecule has 4 heterocycles. The number of rotatable bonds is 4.